The third-order valence-corrected chi connectivity index (χ3v) is 3.51. The summed E-state index contributed by atoms with van der Waals surface area (Å²) in [7, 11) is 0. The fourth-order valence-electron chi connectivity index (χ4n) is 2.38. The quantitative estimate of drug-likeness (QED) is 0.458. The minimum Gasteiger partial charge on any atom is -0.204 e. The molecule has 0 aromatic heterocycles. The second kappa shape index (κ2) is 6.10. The van der Waals surface area contributed by atoms with Crippen LogP contribution in [0.1, 0.15) is 0 Å². The van der Waals surface area contributed by atoms with Crippen LogP contribution in [0, 0.1) is 10.4 Å². The molecule has 4 nitrogen and oxygen atoms in total. The van der Waals surface area contributed by atoms with Gasteiger partial charge in [-0.1, -0.05) is 54.6 Å². The van der Waals surface area contributed by atoms with E-state index in [2.05, 4.69) is 10.3 Å². The Morgan fingerprint density at radius 2 is 1.41 bits per heavy atom. The predicted molar refractivity (Wildman–Crippen MR) is 87.6 cm³/mol. The first-order valence-electron chi connectivity index (χ1n) is 6.82. The van der Waals surface area contributed by atoms with E-state index in [0.717, 1.165) is 22.3 Å². The van der Waals surface area contributed by atoms with Crippen molar-refractivity contribution in [3.8, 4) is 22.3 Å². The average Bonchev–Trinajstić information content (AvgIpc) is 2.62. The van der Waals surface area contributed by atoms with Gasteiger partial charge in [-0.05, 0) is 40.1 Å². The fourth-order valence-corrected chi connectivity index (χ4v) is 2.38. The second-order valence-corrected chi connectivity index (χ2v) is 4.85. The van der Waals surface area contributed by atoms with Crippen LogP contribution in [-0.2, 0) is 0 Å². The molecule has 106 valence electrons. The zero-order chi connectivity index (χ0) is 15.4. The summed E-state index contributed by atoms with van der Waals surface area (Å²) in [6.45, 7) is 0. The predicted octanol–water partition coefficient (Wildman–Crippen LogP) is 6.08. The van der Waals surface area contributed by atoms with Crippen LogP contribution in [0.3, 0.4) is 0 Å². The molecule has 0 radical (unpaired) electrons. The molecule has 3 rings (SSSR count). The topological polar surface area (TPSA) is 65.6 Å². The fraction of sp³-hybridized carbons (Fsp3) is 0. The third-order valence-electron chi connectivity index (χ3n) is 3.51. The van der Waals surface area contributed by atoms with E-state index in [1.54, 1.807) is 18.2 Å². The van der Waals surface area contributed by atoms with Gasteiger partial charge in [0, 0.05) is 5.56 Å². The minimum atomic E-state index is 0.400. The van der Waals surface area contributed by atoms with Crippen LogP contribution in [0.15, 0.2) is 83.1 Å². The zero-order valence-corrected chi connectivity index (χ0v) is 11.7. The Morgan fingerprint density at radius 3 is 2.05 bits per heavy atom. The van der Waals surface area contributed by atoms with Crippen molar-refractivity contribution in [2.75, 3.05) is 0 Å². The highest BCUT2D eigenvalue weighted by Crippen LogP contribution is 2.35. The Balaban J connectivity index is 2.05. The summed E-state index contributed by atoms with van der Waals surface area (Å²) in [4.78, 5) is 11.2. The number of nitroso groups, excluding NO2 is 1. The van der Waals surface area contributed by atoms with Crippen LogP contribution in [0.4, 0.5) is 11.4 Å². The largest absolute Gasteiger partial charge is 0.204 e. The van der Waals surface area contributed by atoms with Gasteiger partial charge in [-0.3, -0.25) is 0 Å². The summed E-state index contributed by atoms with van der Waals surface area (Å²) in [6, 6.07) is 22.7. The maximum atomic E-state index is 11.2. The van der Waals surface area contributed by atoms with Crippen molar-refractivity contribution in [2.45, 2.75) is 0 Å². The smallest absolute Gasteiger partial charge is 0.116 e. The van der Waals surface area contributed by atoms with Crippen molar-refractivity contribution in [1.29, 1.82) is 5.53 Å². The van der Waals surface area contributed by atoms with Crippen molar-refractivity contribution in [3.63, 3.8) is 0 Å². The van der Waals surface area contributed by atoms with E-state index in [9.17, 15) is 4.91 Å². The van der Waals surface area contributed by atoms with Crippen molar-refractivity contribution in [1.82, 2.24) is 0 Å². The number of rotatable bonds is 4. The van der Waals surface area contributed by atoms with Gasteiger partial charge in [-0.25, -0.2) is 5.53 Å². The molecule has 3 aromatic rings. The Morgan fingerprint density at radius 1 is 0.727 bits per heavy atom. The van der Waals surface area contributed by atoms with Crippen LogP contribution in [0.5, 0.6) is 0 Å². The Bertz CT molecular complexity index is 811. The molecule has 4 heteroatoms. The first-order valence-corrected chi connectivity index (χ1v) is 6.82. The van der Waals surface area contributed by atoms with Crippen molar-refractivity contribution in [2.24, 2.45) is 10.3 Å². The molecule has 22 heavy (non-hydrogen) atoms. The monoisotopic (exact) mass is 287 g/mol. The number of benzene rings is 3. The molecule has 0 aliphatic carbocycles. The van der Waals surface area contributed by atoms with E-state index in [-0.39, 0.29) is 0 Å². The molecule has 0 saturated heterocycles. The highest BCUT2D eigenvalue weighted by atomic mass is 16.3. The molecule has 0 unspecified atom stereocenters. The van der Waals surface area contributed by atoms with Crippen LogP contribution in [0.2, 0.25) is 0 Å². The standard InChI is InChI=1S/C18H13N3O/c19-20-16-9-6-14(7-10-16)17-11-8-15(12-18(17)21-22)13-4-2-1-3-5-13/h1-12,19H. The molecule has 3 aromatic carbocycles. The van der Waals surface area contributed by atoms with Crippen molar-refractivity contribution < 1.29 is 0 Å². The molecular weight excluding hydrogens is 274 g/mol. The highest BCUT2D eigenvalue weighted by molar-refractivity contribution is 5.81. The van der Waals surface area contributed by atoms with E-state index in [1.165, 1.54) is 0 Å². The Kier molecular flexibility index (Phi) is 3.83. The van der Waals surface area contributed by atoms with Gasteiger partial charge in [0.15, 0.2) is 0 Å². The van der Waals surface area contributed by atoms with E-state index in [1.807, 2.05) is 54.6 Å². The first kappa shape index (κ1) is 13.8. The summed E-state index contributed by atoms with van der Waals surface area (Å²) in [5.41, 5.74) is 11.6. The van der Waals surface area contributed by atoms with E-state index >= 15 is 0 Å². The lowest BCUT2D eigenvalue weighted by Crippen LogP contribution is -1.82. The van der Waals surface area contributed by atoms with Gasteiger partial charge in [0.1, 0.15) is 5.69 Å². The SMILES string of the molecule is N=Nc1ccc(-c2ccc(-c3ccccc3)cc2N=O)cc1. The molecular formula is C18H13N3O. The number of hydrogen-bond donors (Lipinski definition) is 1. The lowest BCUT2D eigenvalue weighted by Gasteiger charge is -2.07. The molecule has 0 bridgehead atoms. The van der Waals surface area contributed by atoms with Crippen LogP contribution >= 0.6 is 0 Å². The van der Waals surface area contributed by atoms with E-state index in [4.69, 9.17) is 5.53 Å². The number of hydrogen-bond acceptors (Lipinski definition) is 4. The van der Waals surface area contributed by atoms with Gasteiger partial charge in [-0.2, -0.15) is 5.11 Å². The molecule has 0 atom stereocenters. The molecule has 1 N–H and O–H groups in total. The summed E-state index contributed by atoms with van der Waals surface area (Å²) < 4.78 is 0. The van der Waals surface area contributed by atoms with Gasteiger partial charge in [0.2, 0.25) is 0 Å². The summed E-state index contributed by atoms with van der Waals surface area (Å²) in [6.07, 6.45) is 0. The van der Waals surface area contributed by atoms with Crippen LogP contribution in [0.25, 0.3) is 22.3 Å². The highest BCUT2D eigenvalue weighted by Gasteiger charge is 2.08. The van der Waals surface area contributed by atoms with E-state index < -0.39 is 0 Å². The third kappa shape index (κ3) is 2.67. The van der Waals surface area contributed by atoms with Crippen LogP contribution < -0.4 is 0 Å². The molecule has 0 heterocycles. The molecule has 0 spiro atoms. The van der Waals surface area contributed by atoms with Gasteiger partial charge in [0.05, 0.1) is 5.69 Å². The molecule has 0 amide bonds. The van der Waals surface area contributed by atoms with Gasteiger partial charge < -0.3 is 0 Å². The van der Waals surface area contributed by atoms with Crippen molar-refractivity contribution >= 4 is 11.4 Å². The lowest BCUT2D eigenvalue weighted by molar-refractivity contribution is 1.15. The van der Waals surface area contributed by atoms with Crippen molar-refractivity contribution in [3.05, 3.63) is 77.7 Å². The first-order chi connectivity index (χ1) is 10.8. The lowest BCUT2D eigenvalue weighted by atomic mass is 9.98. The Hall–Kier alpha value is -3.14. The van der Waals surface area contributed by atoms with Gasteiger partial charge >= 0.3 is 0 Å². The second-order valence-electron chi connectivity index (χ2n) is 4.85. The molecule has 0 aliphatic rings. The average molecular weight is 287 g/mol. The summed E-state index contributed by atoms with van der Waals surface area (Å²) in [5.74, 6) is 0. The molecule has 0 aliphatic heterocycles. The number of nitrogens with one attached hydrogen (secondary N) is 1. The van der Waals surface area contributed by atoms with E-state index in [0.29, 0.717) is 11.4 Å². The zero-order valence-electron chi connectivity index (χ0n) is 11.7. The van der Waals surface area contributed by atoms with Crippen LogP contribution in [-0.4, -0.2) is 0 Å². The van der Waals surface area contributed by atoms with Gasteiger partial charge in [-0.15, -0.1) is 4.91 Å². The summed E-state index contributed by atoms with van der Waals surface area (Å²) >= 11 is 0. The minimum absolute atomic E-state index is 0.400. The maximum Gasteiger partial charge on any atom is 0.116 e. The molecule has 0 saturated carbocycles. The maximum absolute atomic E-state index is 11.2. The van der Waals surface area contributed by atoms with Gasteiger partial charge in [0.25, 0.3) is 0 Å². The normalized spacial score (nSPS) is 10.2. The molecule has 0 fully saturated rings. The summed E-state index contributed by atoms with van der Waals surface area (Å²) in [5, 5.41) is 6.53. The Labute approximate surface area is 127 Å². The number of nitrogens with zero attached hydrogens (tertiary/aromatic N) is 2.